The number of carboxylic acids is 1. The number of carbonyl (C=O) groups excluding carboxylic acids is 1. The number of fused-ring (bicyclic) bond motifs is 1. The number of hydrogen-bond donors (Lipinski definition) is 1. The topological polar surface area (TPSA) is 64.1 Å². The minimum atomic E-state index is -0.927. The third-order valence-electron chi connectivity index (χ3n) is 5.63. The largest absolute Gasteiger partial charge is 0.481 e. The van der Waals surface area contributed by atoms with Crippen LogP contribution in [0.2, 0.25) is 0 Å². The van der Waals surface area contributed by atoms with Crippen LogP contribution in [0.25, 0.3) is 0 Å². The van der Waals surface area contributed by atoms with Gasteiger partial charge in [0.05, 0.1) is 5.92 Å². The summed E-state index contributed by atoms with van der Waals surface area (Å²) in [5, 5.41) is 9.80. The van der Waals surface area contributed by atoms with Crippen molar-refractivity contribution in [3.05, 3.63) is 12.7 Å². The van der Waals surface area contributed by atoms with E-state index in [0.29, 0.717) is 32.2 Å². The SMILES string of the molecule is C=CCN1C[C@@]2(C(=O)O)CN(C3CCN(C)CC3)C[C@H]2C1=O. The van der Waals surface area contributed by atoms with E-state index in [1.807, 2.05) is 0 Å². The minimum absolute atomic E-state index is 0.0160. The van der Waals surface area contributed by atoms with Gasteiger partial charge >= 0.3 is 5.97 Å². The van der Waals surface area contributed by atoms with Gasteiger partial charge in [-0.15, -0.1) is 6.58 Å². The van der Waals surface area contributed by atoms with Crippen LogP contribution in [0.1, 0.15) is 12.8 Å². The first-order valence-electron chi connectivity index (χ1n) is 8.03. The maximum Gasteiger partial charge on any atom is 0.313 e. The third kappa shape index (κ3) is 2.34. The summed E-state index contributed by atoms with van der Waals surface area (Å²) in [4.78, 5) is 30.7. The molecule has 0 aliphatic carbocycles. The van der Waals surface area contributed by atoms with Gasteiger partial charge in [0.2, 0.25) is 5.91 Å². The molecule has 3 heterocycles. The summed E-state index contributed by atoms with van der Waals surface area (Å²) in [7, 11) is 2.12. The lowest BCUT2D eigenvalue weighted by Gasteiger charge is -2.36. The number of rotatable bonds is 4. The maximum atomic E-state index is 12.5. The molecule has 0 saturated carbocycles. The highest BCUT2D eigenvalue weighted by atomic mass is 16.4. The molecular weight excluding hydrogens is 282 g/mol. The van der Waals surface area contributed by atoms with Crippen LogP contribution >= 0.6 is 0 Å². The van der Waals surface area contributed by atoms with Crippen molar-refractivity contribution in [2.24, 2.45) is 11.3 Å². The summed E-state index contributed by atoms with van der Waals surface area (Å²) in [5.41, 5.74) is -0.927. The van der Waals surface area contributed by atoms with Gasteiger partial charge in [-0.3, -0.25) is 14.5 Å². The summed E-state index contributed by atoms with van der Waals surface area (Å²) in [6.45, 7) is 7.60. The Morgan fingerprint density at radius 1 is 1.41 bits per heavy atom. The minimum Gasteiger partial charge on any atom is -0.481 e. The smallest absolute Gasteiger partial charge is 0.313 e. The Hall–Kier alpha value is -1.40. The lowest BCUT2D eigenvalue weighted by atomic mass is 9.81. The van der Waals surface area contributed by atoms with Crippen molar-refractivity contribution in [3.63, 3.8) is 0 Å². The quantitative estimate of drug-likeness (QED) is 0.747. The molecule has 0 aromatic heterocycles. The molecule has 3 saturated heterocycles. The Morgan fingerprint density at radius 3 is 2.64 bits per heavy atom. The van der Waals surface area contributed by atoms with Crippen LogP contribution in [-0.4, -0.2) is 84.0 Å². The fourth-order valence-electron chi connectivity index (χ4n) is 4.29. The molecule has 0 bridgehead atoms. The molecule has 0 aromatic rings. The average molecular weight is 307 g/mol. The number of piperidine rings is 1. The van der Waals surface area contributed by atoms with Gasteiger partial charge in [0.15, 0.2) is 0 Å². The zero-order valence-corrected chi connectivity index (χ0v) is 13.2. The molecule has 6 nitrogen and oxygen atoms in total. The monoisotopic (exact) mass is 307 g/mol. The number of amides is 1. The molecular formula is C16H25N3O3. The zero-order chi connectivity index (χ0) is 15.9. The van der Waals surface area contributed by atoms with Crippen LogP contribution in [0.4, 0.5) is 0 Å². The number of nitrogens with zero attached hydrogens (tertiary/aromatic N) is 3. The summed E-state index contributed by atoms with van der Waals surface area (Å²) < 4.78 is 0. The number of carboxylic acid groups (broad SMARTS) is 1. The molecule has 1 amide bonds. The highest BCUT2D eigenvalue weighted by Crippen LogP contribution is 2.45. The predicted octanol–water partition coefficient (Wildman–Crippen LogP) is 0.112. The summed E-state index contributed by atoms with van der Waals surface area (Å²) in [5.74, 6) is -1.24. The lowest BCUT2D eigenvalue weighted by molar-refractivity contribution is -0.149. The van der Waals surface area contributed by atoms with Gasteiger partial charge < -0.3 is 14.9 Å². The van der Waals surface area contributed by atoms with Gasteiger partial charge in [0.25, 0.3) is 0 Å². The average Bonchev–Trinajstić information content (AvgIpc) is 2.98. The van der Waals surface area contributed by atoms with Crippen molar-refractivity contribution in [1.82, 2.24) is 14.7 Å². The van der Waals surface area contributed by atoms with Gasteiger partial charge in [-0.05, 0) is 33.0 Å². The molecule has 2 atom stereocenters. The fraction of sp³-hybridized carbons (Fsp3) is 0.750. The Balaban J connectivity index is 1.76. The first-order chi connectivity index (χ1) is 10.5. The van der Waals surface area contributed by atoms with E-state index in [1.165, 1.54) is 0 Å². The molecule has 6 heteroatoms. The van der Waals surface area contributed by atoms with Gasteiger partial charge in [0, 0.05) is 32.2 Å². The molecule has 122 valence electrons. The highest BCUT2D eigenvalue weighted by molar-refractivity contribution is 5.92. The summed E-state index contributed by atoms with van der Waals surface area (Å²) in [6.07, 6.45) is 3.79. The van der Waals surface area contributed by atoms with E-state index in [9.17, 15) is 14.7 Å². The fourth-order valence-corrected chi connectivity index (χ4v) is 4.29. The highest BCUT2D eigenvalue weighted by Gasteiger charge is 2.62. The van der Waals surface area contributed by atoms with Crippen LogP contribution in [-0.2, 0) is 9.59 Å². The van der Waals surface area contributed by atoms with Gasteiger partial charge in [-0.1, -0.05) is 6.08 Å². The van der Waals surface area contributed by atoms with Gasteiger partial charge in [-0.2, -0.15) is 0 Å². The van der Waals surface area contributed by atoms with E-state index < -0.39 is 17.3 Å². The number of likely N-dealkylation sites (tertiary alicyclic amines) is 3. The predicted molar refractivity (Wildman–Crippen MR) is 82.4 cm³/mol. The van der Waals surface area contributed by atoms with E-state index in [4.69, 9.17) is 0 Å². The number of hydrogen-bond acceptors (Lipinski definition) is 4. The van der Waals surface area contributed by atoms with E-state index in [0.717, 1.165) is 25.9 Å². The van der Waals surface area contributed by atoms with E-state index in [2.05, 4.69) is 23.4 Å². The number of carbonyl (C=O) groups is 2. The molecule has 3 aliphatic heterocycles. The van der Waals surface area contributed by atoms with Crippen molar-refractivity contribution in [2.45, 2.75) is 18.9 Å². The van der Waals surface area contributed by atoms with Crippen molar-refractivity contribution in [3.8, 4) is 0 Å². The second kappa shape index (κ2) is 5.66. The van der Waals surface area contributed by atoms with Crippen LogP contribution in [0, 0.1) is 11.3 Å². The first kappa shape index (κ1) is 15.5. The van der Waals surface area contributed by atoms with E-state index in [1.54, 1.807) is 11.0 Å². The first-order valence-corrected chi connectivity index (χ1v) is 8.03. The second-order valence-corrected chi connectivity index (χ2v) is 6.99. The maximum absolute atomic E-state index is 12.5. The zero-order valence-electron chi connectivity index (χ0n) is 13.2. The third-order valence-corrected chi connectivity index (χ3v) is 5.63. The molecule has 1 N–H and O–H groups in total. The van der Waals surface area contributed by atoms with Crippen molar-refractivity contribution >= 4 is 11.9 Å². The molecule has 3 rings (SSSR count). The summed E-state index contributed by atoms with van der Waals surface area (Å²) in [6, 6.07) is 0.415. The Labute approximate surface area is 131 Å². The van der Waals surface area contributed by atoms with Crippen molar-refractivity contribution in [2.75, 3.05) is 46.3 Å². The Kier molecular flexibility index (Phi) is 3.99. The van der Waals surface area contributed by atoms with Crippen LogP contribution < -0.4 is 0 Å². The summed E-state index contributed by atoms with van der Waals surface area (Å²) >= 11 is 0. The van der Waals surface area contributed by atoms with E-state index >= 15 is 0 Å². The molecule has 0 radical (unpaired) electrons. The molecule has 22 heavy (non-hydrogen) atoms. The van der Waals surface area contributed by atoms with Crippen molar-refractivity contribution < 1.29 is 14.7 Å². The second-order valence-electron chi connectivity index (χ2n) is 6.99. The van der Waals surface area contributed by atoms with Gasteiger partial charge in [0.1, 0.15) is 5.41 Å². The van der Waals surface area contributed by atoms with Crippen LogP contribution in [0.5, 0.6) is 0 Å². The van der Waals surface area contributed by atoms with E-state index in [-0.39, 0.29) is 5.91 Å². The Bertz CT molecular complexity index is 487. The molecule has 3 aliphatic rings. The van der Waals surface area contributed by atoms with Crippen LogP contribution in [0.3, 0.4) is 0 Å². The number of aliphatic carboxylic acids is 1. The molecule has 3 fully saturated rings. The van der Waals surface area contributed by atoms with Gasteiger partial charge in [-0.25, -0.2) is 0 Å². The molecule has 0 unspecified atom stereocenters. The molecule has 0 aromatic carbocycles. The molecule has 0 spiro atoms. The van der Waals surface area contributed by atoms with Crippen molar-refractivity contribution in [1.29, 1.82) is 0 Å². The normalized spacial score (nSPS) is 34.1. The van der Waals surface area contributed by atoms with Crippen LogP contribution in [0.15, 0.2) is 12.7 Å². The standard InChI is InChI=1S/C16H25N3O3/c1-3-6-18-10-16(15(21)22)11-19(9-13(16)14(18)20)12-4-7-17(2)8-5-12/h3,12-13H,1,4-11H2,2H3,(H,21,22)/t13-,16+/m0/s1. The lowest BCUT2D eigenvalue weighted by Crippen LogP contribution is -2.46. The Morgan fingerprint density at radius 2 is 2.09 bits per heavy atom.